The predicted octanol–water partition coefficient (Wildman–Crippen LogP) is 1.08. The van der Waals surface area contributed by atoms with Crippen molar-refractivity contribution in [2.45, 2.75) is 24.2 Å². The van der Waals surface area contributed by atoms with Crippen molar-refractivity contribution in [2.75, 3.05) is 38.2 Å². The number of hydrogen-bond acceptors (Lipinski definition) is 5. The number of rotatable bonds is 4. The minimum Gasteiger partial charge on any atom is -0.480 e. The fourth-order valence-corrected chi connectivity index (χ4v) is 4.16. The lowest BCUT2D eigenvalue weighted by molar-refractivity contribution is 0.306. The molecule has 7 heteroatoms. The highest BCUT2D eigenvalue weighted by Gasteiger charge is 2.32. The average molecular weight is 297 g/mol. The van der Waals surface area contributed by atoms with E-state index in [-0.39, 0.29) is 10.8 Å². The summed E-state index contributed by atoms with van der Waals surface area (Å²) in [7, 11) is -1.99. The largest absolute Gasteiger partial charge is 0.480 e. The molecule has 0 aliphatic carbocycles. The molecule has 20 heavy (non-hydrogen) atoms. The molecule has 0 bridgehead atoms. The smallest absolute Gasteiger partial charge is 0.248 e. The minimum atomic E-state index is -3.46. The van der Waals surface area contributed by atoms with E-state index in [1.807, 2.05) is 0 Å². The number of aromatic nitrogens is 1. The van der Waals surface area contributed by atoms with Gasteiger partial charge >= 0.3 is 0 Å². The van der Waals surface area contributed by atoms with Gasteiger partial charge in [-0.3, -0.25) is 0 Å². The summed E-state index contributed by atoms with van der Waals surface area (Å²) in [5, 5.41) is 0. The van der Waals surface area contributed by atoms with Crippen LogP contribution in [0.25, 0.3) is 0 Å². The van der Waals surface area contributed by atoms with Crippen LogP contribution in [-0.2, 0) is 10.0 Å². The molecule has 1 aromatic heterocycles. The van der Waals surface area contributed by atoms with Crippen molar-refractivity contribution in [3.8, 4) is 5.88 Å². The number of anilines is 1. The molecule has 0 radical (unpaired) electrons. The molecule has 1 aromatic rings. The van der Waals surface area contributed by atoms with Crippen molar-refractivity contribution in [1.29, 1.82) is 0 Å². The van der Waals surface area contributed by atoms with E-state index in [9.17, 15) is 8.42 Å². The quantitative estimate of drug-likeness (QED) is 0.832. The molecule has 0 unspecified atom stereocenters. The minimum absolute atomic E-state index is 0.169. The van der Waals surface area contributed by atoms with Crippen LogP contribution in [0.15, 0.2) is 17.0 Å². The van der Waals surface area contributed by atoms with E-state index in [0.29, 0.717) is 13.1 Å². The Morgan fingerprint density at radius 1 is 1.10 bits per heavy atom. The summed E-state index contributed by atoms with van der Waals surface area (Å²) < 4.78 is 31.5. The molecule has 0 spiro atoms. The Morgan fingerprint density at radius 3 is 2.35 bits per heavy atom. The van der Waals surface area contributed by atoms with E-state index in [1.165, 1.54) is 11.4 Å². The molecule has 0 atom stereocenters. The number of pyridine rings is 1. The standard InChI is InChI=1S/C13H19N3O3S/c1-19-13-11(20(17,18)16-9-4-10-16)5-6-12(14-13)15-7-2-3-8-15/h5-6H,2-4,7-10H2,1H3. The fourth-order valence-electron chi connectivity index (χ4n) is 2.55. The van der Waals surface area contributed by atoms with E-state index >= 15 is 0 Å². The SMILES string of the molecule is COc1nc(N2CCCC2)ccc1S(=O)(=O)N1CCC1. The average Bonchev–Trinajstić information content (AvgIpc) is 2.89. The monoisotopic (exact) mass is 297 g/mol. The zero-order valence-electron chi connectivity index (χ0n) is 11.6. The normalized spacial score (nSPS) is 19.9. The molecule has 3 rings (SSSR count). The van der Waals surface area contributed by atoms with Gasteiger partial charge in [0.2, 0.25) is 15.9 Å². The topological polar surface area (TPSA) is 62.7 Å². The Morgan fingerprint density at radius 2 is 1.80 bits per heavy atom. The number of hydrogen-bond donors (Lipinski definition) is 0. The summed E-state index contributed by atoms with van der Waals surface area (Å²) >= 11 is 0. The molecular weight excluding hydrogens is 278 g/mol. The Balaban J connectivity index is 1.95. The highest BCUT2D eigenvalue weighted by molar-refractivity contribution is 7.89. The lowest BCUT2D eigenvalue weighted by Gasteiger charge is -2.30. The third kappa shape index (κ3) is 2.25. The van der Waals surface area contributed by atoms with Crippen LogP contribution in [-0.4, -0.2) is 51.0 Å². The number of sulfonamides is 1. The van der Waals surface area contributed by atoms with Crippen LogP contribution in [0.3, 0.4) is 0 Å². The second kappa shape index (κ2) is 5.21. The second-order valence-electron chi connectivity index (χ2n) is 5.13. The lowest BCUT2D eigenvalue weighted by atomic mass is 10.3. The van der Waals surface area contributed by atoms with Crippen LogP contribution in [0, 0.1) is 0 Å². The maximum absolute atomic E-state index is 12.4. The summed E-state index contributed by atoms with van der Waals surface area (Å²) in [6, 6.07) is 3.40. The molecule has 2 saturated heterocycles. The molecule has 0 aromatic carbocycles. The zero-order valence-corrected chi connectivity index (χ0v) is 12.4. The molecular formula is C13H19N3O3S. The van der Waals surface area contributed by atoms with Crippen LogP contribution >= 0.6 is 0 Å². The van der Waals surface area contributed by atoms with E-state index in [4.69, 9.17) is 4.74 Å². The molecule has 110 valence electrons. The predicted molar refractivity (Wildman–Crippen MR) is 75.6 cm³/mol. The Kier molecular flexibility index (Phi) is 3.55. The fraction of sp³-hybridized carbons (Fsp3) is 0.615. The van der Waals surface area contributed by atoms with Gasteiger partial charge in [0.25, 0.3) is 0 Å². The number of methoxy groups -OCH3 is 1. The van der Waals surface area contributed by atoms with Gasteiger partial charge in [-0.05, 0) is 31.4 Å². The molecule has 0 saturated carbocycles. The van der Waals surface area contributed by atoms with E-state index in [2.05, 4.69) is 9.88 Å². The number of nitrogens with zero attached hydrogens (tertiary/aromatic N) is 3. The van der Waals surface area contributed by atoms with Crippen LogP contribution in [0.4, 0.5) is 5.82 Å². The maximum Gasteiger partial charge on any atom is 0.248 e. The van der Waals surface area contributed by atoms with E-state index in [0.717, 1.165) is 38.2 Å². The van der Waals surface area contributed by atoms with Crippen LogP contribution < -0.4 is 9.64 Å². The second-order valence-corrected chi connectivity index (χ2v) is 7.04. The van der Waals surface area contributed by atoms with Crippen molar-refractivity contribution in [3.63, 3.8) is 0 Å². The number of ether oxygens (including phenoxy) is 1. The van der Waals surface area contributed by atoms with Gasteiger partial charge in [-0.1, -0.05) is 0 Å². The molecule has 3 heterocycles. The van der Waals surface area contributed by atoms with Gasteiger partial charge < -0.3 is 9.64 Å². The molecule has 2 aliphatic heterocycles. The molecule has 6 nitrogen and oxygen atoms in total. The van der Waals surface area contributed by atoms with Gasteiger partial charge in [-0.15, -0.1) is 0 Å². The Labute approximate surface area is 119 Å². The van der Waals surface area contributed by atoms with Gasteiger partial charge in [0.15, 0.2) is 0 Å². The summed E-state index contributed by atoms with van der Waals surface area (Å²) in [5.74, 6) is 0.989. The summed E-state index contributed by atoms with van der Waals surface area (Å²) in [4.78, 5) is 6.70. The van der Waals surface area contributed by atoms with E-state index in [1.54, 1.807) is 12.1 Å². The lowest BCUT2D eigenvalue weighted by Crippen LogP contribution is -2.42. The Hall–Kier alpha value is -1.34. The molecule has 0 N–H and O–H groups in total. The van der Waals surface area contributed by atoms with Gasteiger partial charge in [-0.25, -0.2) is 8.42 Å². The molecule has 0 amide bonds. The van der Waals surface area contributed by atoms with Crippen LogP contribution in [0.2, 0.25) is 0 Å². The maximum atomic E-state index is 12.4. The van der Waals surface area contributed by atoms with Crippen molar-refractivity contribution >= 4 is 15.8 Å². The summed E-state index contributed by atoms with van der Waals surface area (Å²) in [6.45, 7) is 3.10. The third-order valence-corrected chi connectivity index (χ3v) is 5.78. The van der Waals surface area contributed by atoms with Gasteiger partial charge in [0.05, 0.1) is 7.11 Å². The first-order valence-electron chi connectivity index (χ1n) is 6.93. The highest BCUT2D eigenvalue weighted by Crippen LogP contribution is 2.30. The van der Waals surface area contributed by atoms with Crippen molar-refractivity contribution in [3.05, 3.63) is 12.1 Å². The van der Waals surface area contributed by atoms with Crippen LogP contribution in [0.1, 0.15) is 19.3 Å². The van der Waals surface area contributed by atoms with Crippen molar-refractivity contribution in [1.82, 2.24) is 9.29 Å². The summed E-state index contributed by atoms with van der Waals surface area (Å²) in [5.41, 5.74) is 0. The van der Waals surface area contributed by atoms with E-state index < -0.39 is 10.0 Å². The van der Waals surface area contributed by atoms with Gasteiger partial charge in [0, 0.05) is 26.2 Å². The first-order chi connectivity index (χ1) is 9.63. The van der Waals surface area contributed by atoms with Gasteiger partial charge in [0.1, 0.15) is 10.7 Å². The van der Waals surface area contributed by atoms with Crippen LogP contribution in [0.5, 0.6) is 5.88 Å². The molecule has 2 aliphatic rings. The van der Waals surface area contributed by atoms with Crippen molar-refractivity contribution < 1.29 is 13.2 Å². The first kappa shape index (κ1) is 13.6. The third-order valence-electron chi connectivity index (χ3n) is 3.87. The zero-order chi connectivity index (χ0) is 14.2. The van der Waals surface area contributed by atoms with Gasteiger partial charge in [-0.2, -0.15) is 9.29 Å². The highest BCUT2D eigenvalue weighted by atomic mass is 32.2. The Bertz CT molecular complexity index is 593. The first-order valence-corrected chi connectivity index (χ1v) is 8.37. The van der Waals surface area contributed by atoms with Crippen molar-refractivity contribution in [2.24, 2.45) is 0 Å². The molecule has 2 fully saturated rings. The summed E-state index contributed by atoms with van der Waals surface area (Å²) in [6.07, 6.45) is 3.22.